The molecule has 2 aromatic heterocycles. The van der Waals surface area contributed by atoms with Crippen LogP contribution in [0.25, 0.3) is 11.4 Å². The predicted octanol–water partition coefficient (Wildman–Crippen LogP) is 3.21. The second-order valence-corrected chi connectivity index (χ2v) is 5.22. The Morgan fingerprint density at radius 3 is 2.52 bits per heavy atom. The Labute approximate surface area is 143 Å². The van der Waals surface area contributed by atoms with Crippen LogP contribution in [0.15, 0.2) is 65.1 Å². The van der Waals surface area contributed by atoms with Crippen LogP contribution in [0.1, 0.15) is 11.3 Å². The van der Waals surface area contributed by atoms with Crippen molar-refractivity contribution in [2.45, 2.75) is 6.92 Å². The van der Waals surface area contributed by atoms with Gasteiger partial charge in [0.05, 0.1) is 11.8 Å². The van der Waals surface area contributed by atoms with E-state index < -0.39 is 17.2 Å². The fraction of sp³-hybridized carbons (Fsp3) is 0.0556. The number of aryl methyl sites for hydroxylation is 1. The molecule has 0 fully saturated rings. The smallest absolute Gasteiger partial charge is 0.270 e. The number of benzene rings is 1. The van der Waals surface area contributed by atoms with Gasteiger partial charge in [-0.05, 0) is 43.3 Å². The fourth-order valence-electron chi connectivity index (χ4n) is 2.29. The molecule has 1 aromatic carbocycles. The number of nitriles is 1. The summed E-state index contributed by atoms with van der Waals surface area (Å²) in [6.07, 6.45) is 5.06. The van der Waals surface area contributed by atoms with E-state index in [9.17, 15) is 15.2 Å². The van der Waals surface area contributed by atoms with Gasteiger partial charge in [-0.2, -0.15) is 5.26 Å². The summed E-state index contributed by atoms with van der Waals surface area (Å²) < 4.78 is 6.76. The van der Waals surface area contributed by atoms with Crippen molar-refractivity contribution in [3.63, 3.8) is 0 Å². The number of nitrogens with one attached hydrogen (secondary N) is 1. The van der Waals surface area contributed by atoms with E-state index in [1.807, 2.05) is 41.2 Å². The molecule has 0 spiro atoms. The van der Waals surface area contributed by atoms with Crippen LogP contribution in [-0.4, -0.2) is 20.7 Å². The largest absolute Gasteiger partial charge is 0.506 e. The van der Waals surface area contributed by atoms with Crippen LogP contribution in [-0.2, 0) is 4.79 Å². The first-order valence-electron chi connectivity index (χ1n) is 7.40. The Kier molecular flexibility index (Phi) is 4.35. The van der Waals surface area contributed by atoms with E-state index in [0.29, 0.717) is 11.4 Å². The third-order valence-electron chi connectivity index (χ3n) is 3.61. The molecule has 3 aromatic rings. The number of hydrogen-bond donors (Lipinski definition) is 2. The van der Waals surface area contributed by atoms with Gasteiger partial charge < -0.3 is 19.5 Å². The van der Waals surface area contributed by atoms with Crippen LogP contribution in [0, 0.1) is 18.3 Å². The number of aromatic nitrogens is 2. The standard InChI is InChI=1S/C18H14N4O3/c1-12-16(11-20-25-12)17(23)15(10-19)18(24)21-13-4-6-14(7-5-13)22-8-2-3-9-22/h2-9,11,23H,1H3,(H,21,24). The molecular weight excluding hydrogens is 320 g/mol. The number of carbonyl (C=O) groups excluding carboxylic acids is 1. The summed E-state index contributed by atoms with van der Waals surface area (Å²) in [7, 11) is 0. The average molecular weight is 334 g/mol. The second-order valence-electron chi connectivity index (χ2n) is 5.22. The molecule has 124 valence electrons. The molecule has 0 unspecified atom stereocenters. The lowest BCUT2D eigenvalue weighted by Crippen LogP contribution is -2.15. The predicted molar refractivity (Wildman–Crippen MR) is 90.8 cm³/mol. The van der Waals surface area contributed by atoms with Crippen LogP contribution in [0.4, 0.5) is 5.69 Å². The molecule has 1 amide bonds. The van der Waals surface area contributed by atoms with Crippen molar-refractivity contribution >= 4 is 17.4 Å². The molecule has 0 aliphatic rings. The van der Waals surface area contributed by atoms with Crippen molar-refractivity contribution < 1.29 is 14.4 Å². The van der Waals surface area contributed by atoms with Gasteiger partial charge in [0.2, 0.25) is 0 Å². The molecule has 0 aliphatic carbocycles. The second kappa shape index (κ2) is 6.76. The van der Waals surface area contributed by atoms with Crippen molar-refractivity contribution in [3.8, 4) is 11.8 Å². The first-order valence-corrected chi connectivity index (χ1v) is 7.40. The number of hydrogen-bond acceptors (Lipinski definition) is 5. The Balaban J connectivity index is 1.81. The third-order valence-corrected chi connectivity index (χ3v) is 3.61. The Morgan fingerprint density at radius 1 is 1.28 bits per heavy atom. The van der Waals surface area contributed by atoms with Gasteiger partial charge in [0.15, 0.2) is 11.3 Å². The minimum Gasteiger partial charge on any atom is -0.506 e. The molecule has 2 heterocycles. The van der Waals surface area contributed by atoms with Crippen molar-refractivity contribution in [2.75, 3.05) is 5.32 Å². The van der Waals surface area contributed by atoms with E-state index in [4.69, 9.17) is 4.52 Å². The Bertz CT molecular complexity index is 961. The van der Waals surface area contributed by atoms with Crippen LogP contribution in [0.3, 0.4) is 0 Å². The van der Waals surface area contributed by atoms with Gasteiger partial charge in [-0.1, -0.05) is 5.16 Å². The van der Waals surface area contributed by atoms with Gasteiger partial charge in [0.1, 0.15) is 11.8 Å². The zero-order valence-corrected chi connectivity index (χ0v) is 13.3. The number of anilines is 1. The minimum atomic E-state index is -0.714. The topological polar surface area (TPSA) is 104 Å². The Morgan fingerprint density at radius 2 is 1.96 bits per heavy atom. The highest BCUT2D eigenvalue weighted by Crippen LogP contribution is 2.21. The van der Waals surface area contributed by atoms with Gasteiger partial charge in [0.25, 0.3) is 5.91 Å². The summed E-state index contributed by atoms with van der Waals surface area (Å²) in [6, 6.07) is 12.6. The lowest BCUT2D eigenvalue weighted by atomic mass is 10.1. The van der Waals surface area contributed by atoms with Crippen LogP contribution in [0.2, 0.25) is 0 Å². The lowest BCUT2D eigenvalue weighted by molar-refractivity contribution is -0.112. The molecule has 0 atom stereocenters. The maximum absolute atomic E-state index is 12.3. The van der Waals surface area contributed by atoms with E-state index >= 15 is 0 Å². The molecule has 7 nitrogen and oxygen atoms in total. The van der Waals surface area contributed by atoms with E-state index in [-0.39, 0.29) is 5.56 Å². The highest BCUT2D eigenvalue weighted by atomic mass is 16.5. The first kappa shape index (κ1) is 16.1. The van der Waals surface area contributed by atoms with Crippen LogP contribution in [0.5, 0.6) is 0 Å². The van der Waals surface area contributed by atoms with E-state index in [1.165, 1.54) is 6.20 Å². The molecule has 0 saturated carbocycles. The van der Waals surface area contributed by atoms with Crippen molar-refractivity contribution in [1.29, 1.82) is 5.26 Å². The number of carbonyl (C=O) groups is 1. The zero-order chi connectivity index (χ0) is 17.8. The van der Waals surface area contributed by atoms with E-state index in [0.717, 1.165) is 5.69 Å². The fourth-order valence-corrected chi connectivity index (χ4v) is 2.29. The summed E-state index contributed by atoms with van der Waals surface area (Å²) in [6.45, 7) is 1.57. The average Bonchev–Trinajstić information content (AvgIpc) is 3.27. The monoisotopic (exact) mass is 334 g/mol. The van der Waals surface area contributed by atoms with Crippen molar-refractivity contribution in [1.82, 2.24) is 9.72 Å². The minimum absolute atomic E-state index is 0.203. The van der Waals surface area contributed by atoms with Crippen LogP contribution < -0.4 is 5.32 Å². The van der Waals surface area contributed by atoms with Gasteiger partial charge in [0, 0.05) is 23.8 Å². The van der Waals surface area contributed by atoms with Crippen LogP contribution >= 0.6 is 0 Å². The quantitative estimate of drug-likeness (QED) is 0.433. The normalized spacial score (nSPS) is 11.5. The third kappa shape index (κ3) is 3.28. The van der Waals surface area contributed by atoms with Crippen molar-refractivity contribution in [2.24, 2.45) is 0 Å². The molecule has 25 heavy (non-hydrogen) atoms. The maximum atomic E-state index is 12.3. The molecular formula is C18H14N4O3. The highest BCUT2D eigenvalue weighted by molar-refractivity contribution is 6.11. The summed E-state index contributed by atoms with van der Waals surface area (Å²) in [4.78, 5) is 12.3. The summed E-state index contributed by atoms with van der Waals surface area (Å²) in [5.41, 5.74) is 1.22. The number of aliphatic hydroxyl groups excluding tert-OH is 1. The lowest BCUT2D eigenvalue weighted by Gasteiger charge is -2.08. The molecule has 0 aliphatic heterocycles. The number of aliphatic hydroxyl groups is 1. The van der Waals surface area contributed by atoms with Crippen molar-refractivity contribution in [3.05, 3.63) is 71.9 Å². The molecule has 0 saturated heterocycles. The summed E-state index contributed by atoms with van der Waals surface area (Å²) >= 11 is 0. The van der Waals surface area contributed by atoms with Gasteiger partial charge >= 0.3 is 0 Å². The van der Waals surface area contributed by atoms with E-state index in [2.05, 4.69) is 10.5 Å². The van der Waals surface area contributed by atoms with Gasteiger partial charge in [-0.15, -0.1) is 0 Å². The SMILES string of the molecule is Cc1oncc1C(O)=C(C#N)C(=O)Nc1ccc(-n2cccc2)cc1. The maximum Gasteiger partial charge on any atom is 0.270 e. The summed E-state index contributed by atoms with van der Waals surface area (Å²) in [5, 5.41) is 25.5. The summed E-state index contributed by atoms with van der Waals surface area (Å²) in [5.74, 6) is -0.869. The molecule has 0 bridgehead atoms. The number of nitrogens with zero attached hydrogens (tertiary/aromatic N) is 3. The zero-order valence-electron chi connectivity index (χ0n) is 13.3. The highest BCUT2D eigenvalue weighted by Gasteiger charge is 2.19. The van der Waals surface area contributed by atoms with E-state index in [1.54, 1.807) is 25.1 Å². The Hall–Kier alpha value is -3.79. The number of rotatable bonds is 4. The molecule has 7 heteroatoms. The first-order chi connectivity index (χ1) is 12.1. The number of amides is 1. The molecule has 0 radical (unpaired) electrons. The molecule has 3 rings (SSSR count). The van der Waals surface area contributed by atoms with Gasteiger partial charge in [-0.3, -0.25) is 4.79 Å². The van der Waals surface area contributed by atoms with Gasteiger partial charge in [-0.25, -0.2) is 0 Å². The molecule has 2 N–H and O–H groups in total.